The highest BCUT2D eigenvalue weighted by Gasteiger charge is 2.33. The summed E-state index contributed by atoms with van der Waals surface area (Å²) in [6.45, 7) is 3.06. The van der Waals surface area contributed by atoms with E-state index in [1.807, 2.05) is 11.8 Å². The molecule has 0 fully saturated rings. The molecule has 2 aliphatic rings. The first-order valence-electron chi connectivity index (χ1n) is 10.6. The molecule has 5 rings (SSSR count). The average Bonchev–Trinajstić information content (AvgIpc) is 3.38. The quantitative estimate of drug-likeness (QED) is 0.605. The van der Waals surface area contributed by atoms with E-state index >= 15 is 0 Å². The molecule has 0 bridgehead atoms. The molecule has 0 saturated heterocycles. The zero-order valence-corrected chi connectivity index (χ0v) is 19.0. The molecule has 166 valence electrons. The van der Waals surface area contributed by atoms with Crippen molar-refractivity contribution in [2.75, 3.05) is 18.9 Å². The molecule has 0 radical (unpaired) electrons. The fraction of sp³-hybridized carbons (Fsp3) is 0.200. The van der Waals surface area contributed by atoms with Gasteiger partial charge in [0.1, 0.15) is 0 Å². The van der Waals surface area contributed by atoms with Crippen LogP contribution in [-0.2, 0) is 13.0 Å². The van der Waals surface area contributed by atoms with Gasteiger partial charge in [-0.1, -0.05) is 6.07 Å². The minimum atomic E-state index is -0.427. The van der Waals surface area contributed by atoms with Crippen molar-refractivity contribution in [2.45, 2.75) is 19.9 Å². The lowest BCUT2D eigenvalue weighted by Crippen LogP contribution is -2.35. The van der Waals surface area contributed by atoms with E-state index in [1.54, 1.807) is 29.5 Å². The lowest BCUT2D eigenvalue weighted by Gasteiger charge is -2.28. The predicted octanol–water partition coefficient (Wildman–Crippen LogP) is 3.73. The first kappa shape index (κ1) is 21.1. The van der Waals surface area contributed by atoms with Gasteiger partial charge in [0.15, 0.2) is 0 Å². The third-order valence-electron chi connectivity index (χ3n) is 6.26. The van der Waals surface area contributed by atoms with Gasteiger partial charge in [-0.25, -0.2) is 0 Å². The smallest absolute Gasteiger partial charge is 0.261 e. The van der Waals surface area contributed by atoms with E-state index in [0.29, 0.717) is 29.9 Å². The Morgan fingerprint density at radius 1 is 1.03 bits per heavy atom. The van der Waals surface area contributed by atoms with Crippen molar-refractivity contribution in [3.05, 3.63) is 86.1 Å². The van der Waals surface area contributed by atoms with Crippen LogP contribution < -0.4 is 5.32 Å². The lowest BCUT2D eigenvalue weighted by molar-refractivity contribution is 0.0690. The minimum absolute atomic E-state index is 0.0647. The molecule has 1 aromatic heterocycles. The normalized spacial score (nSPS) is 14.8. The number of fused-ring (bicyclic) bond motifs is 2. The molecule has 3 aromatic rings. The van der Waals surface area contributed by atoms with Crippen molar-refractivity contribution in [1.29, 1.82) is 0 Å². The largest absolute Gasteiger partial charge is 0.334 e. The van der Waals surface area contributed by atoms with Gasteiger partial charge in [0.25, 0.3) is 23.6 Å². The van der Waals surface area contributed by atoms with E-state index in [1.165, 1.54) is 35.7 Å². The van der Waals surface area contributed by atoms with Crippen molar-refractivity contribution in [3.63, 3.8) is 0 Å². The molecule has 2 aliphatic heterocycles. The number of carbonyl (C=O) groups excluding carboxylic acids is 4. The molecule has 1 N–H and O–H groups in total. The third kappa shape index (κ3) is 3.52. The standard InChI is InChI=1S/C25H21N3O4S/c1-14-17(25(32)28-10-8-21-16(13-28)9-11-33-21)4-3-5-20(14)26-22(29)15-6-7-18-19(12-15)24(31)27(2)23(18)30/h3-7,9,11-12H,8,10,13H2,1-2H3,(H,26,29). The van der Waals surface area contributed by atoms with Gasteiger partial charge in [0.05, 0.1) is 11.1 Å². The maximum absolute atomic E-state index is 13.2. The fourth-order valence-electron chi connectivity index (χ4n) is 4.29. The Kier molecular flexibility index (Phi) is 5.09. The maximum atomic E-state index is 13.2. The van der Waals surface area contributed by atoms with E-state index < -0.39 is 11.8 Å². The van der Waals surface area contributed by atoms with Gasteiger partial charge in [-0.3, -0.25) is 24.1 Å². The number of imide groups is 1. The zero-order chi connectivity index (χ0) is 23.3. The van der Waals surface area contributed by atoms with Crippen LogP contribution in [0.2, 0.25) is 0 Å². The zero-order valence-electron chi connectivity index (χ0n) is 18.2. The molecule has 0 atom stereocenters. The van der Waals surface area contributed by atoms with Crippen molar-refractivity contribution in [1.82, 2.24) is 9.80 Å². The van der Waals surface area contributed by atoms with Crippen LogP contribution in [0.1, 0.15) is 57.4 Å². The predicted molar refractivity (Wildman–Crippen MR) is 125 cm³/mol. The SMILES string of the molecule is Cc1c(NC(=O)c2ccc3c(c2)C(=O)N(C)C3=O)cccc1C(=O)N1CCc2sccc2C1. The molecule has 0 unspecified atom stereocenters. The van der Waals surface area contributed by atoms with Gasteiger partial charge < -0.3 is 10.2 Å². The Morgan fingerprint density at radius 3 is 2.64 bits per heavy atom. The van der Waals surface area contributed by atoms with Crippen molar-refractivity contribution < 1.29 is 19.2 Å². The molecule has 0 saturated carbocycles. The molecule has 0 aliphatic carbocycles. The number of benzene rings is 2. The van der Waals surface area contributed by atoms with Crippen LogP contribution in [0.3, 0.4) is 0 Å². The van der Waals surface area contributed by atoms with Crippen molar-refractivity contribution in [3.8, 4) is 0 Å². The molecule has 33 heavy (non-hydrogen) atoms. The number of hydrogen-bond donors (Lipinski definition) is 1. The second-order valence-electron chi connectivity index (χ2n) is 8.21. The number of carbonyl (C=O) groups is 4. The van der Waals surface area contributed by atoms with E-state index in [2.05, 4.69) is 16.8 Å². The monoisotopic (exact) mass is 459 g/mol. The molecule has 8 heteroatoms. The number of rotatable bonds is 3. The molecule has 4 amide bonds. The summed E-state index contributed by atoms with van der Waals surface area (Å²) in [5, 5.41) is 4.90. The number of anilines is 1. The average molecular weight is 460 g/mol. The van der Waals surface area contributed by atoms with Gasteiger partial charge in [-0.15, -0.1) is 11.3 Å². The molecule has 7 nitrogen and oxygen atoms in total. The number of hydrogen-bond acceptors (Lipinski definition) is 5. The molecule has 0 spiro atoms. The first-order chi connectivity index (χ1) is 15.8. The summed E-state index contributed by atoms with van der Waals surface area (Å²) in [5.41, 5.74) is 3.72. The summed E-state index contributed by atoms with van der Waals surface area (Å²) in [7, 11) is 1.41. The van der Waals surface area contributed by atoms with Crippen LogP contribution in [0.4, 0.5) is 5.69 Å². The fourth-order valence-corrected chi connectivity index (χ4v) is 5.18. The summed E-state index contributed by atoms with van der Waals surface area (Å²) >= 11 is 1.73. The highest BCUT2D eigenvalue weighted by Crippen LogP contribution is 2.28. The van der Waals surface area contributed by atoms with Crippen molar-refractivity contribution in [2.24, 2.45) is 0 Å². The van der Waals surface area contributed by atoms with Crippen molar-refractivity contribution >= 4 is 40.7 Å². The maximum Gasteiger partial charge on any atom is 0.261 e. The third-order valence-corrected chi connectivity index (χ3v) is 7.28. The van der Waals surface area contributed by atoms with E-state index in [4.69, 9.17) is 0 Å². The number of nitrogens with zero attached hydrogens (tertiary/aromatic N) is 2. The lowest BCUT2D eigenvalue weighted by atomic mass is 10.0. The summed E-state index contributed by atoms with van der Waals surface area (Å²) in [5.74, 6) is -1.29. The van der Waals surface area contributed by atoms with Gasteiger partial charge in [0, 0.05) is 41.8 Å². The Hall–Kier alpha value is -3.78. The highest BCUT2D eigenvalue weighted by molar-refractivity contribution is 7.10. The Labute approximate surface area is 194 Å². The molecular weight excluding hydrogens is 438 g/mol. The van der Waals surface area contributed by atoms with E-state index in [0.717, 1.165) is 11.3 Å². The van der Waals surface area contributed by atoms with E-state index in [9.17, 15) is 19.2 Å². The van der Waals surface area contributed by atoms with E-state index in [-0.39, 0.29) is 28.5 Å². The summed E-state index contributed by atoms with van der Waals surface area (Å²) in [6, 6.07) is 11.8. The Bertz CT molecular complexity index is 1340. The minimum Gasteiger partial charge on any atom is -0.334 e. The van der Waals surface area contributed by atoms with Gasteiger partial charge in [-0.05, 0) is 66.2 Å². The summed E-state index contributed by atoms with van der Waals surface area (Å²) in [4.78, 5) is 54.7. The van der Waals surface area contributed by atoms with Crippen LogP contribution in [0.25, 0.3) is 0 Å². The molecule has 3 heterocycles. The molecule has 2 aromatic carbocycles. The van der Waals surface area contributed by atoms with Crippen LogP contribution in [0, 0.1) is 6.92 Å². The highest BCUT2D eigenvalue weighted by atomic mass is 32.1. The van der Waals surface area contributed by atoms with Gasteiger partial charge in [0.2, 0.25) is 0 Å². The second-order valence-corrected chi connectivity index (χ2v) is 9.21. The van der Waals surface area contributed by atoms with Crippen LogP contribution in [0.15, 0.2) is 47.8 Å². The summed E-state index contributed by atoms with van der Waals surface area (Å²) < 4.78 is 0. The number of nitrogens with one attached hydrogen (secondary N) is 1. The first-order valence-corrected chi connectivity index (χ1v) is 11.4. The Morgan fingerprint density at radius 2 is 1.82 bits per heavy atom. The summed E-state index contributed by atoms with van der Waals surface area (Å²) in [6.07, 6.45) is 0.850. The van der Waals surface area contributed by atoms with Gasteiger partial charge >= 0.3 is 0 Å². The Balaban J connectivity index is 1.37. The van der Waals surface area contributed by atoms with Gasteiger partial charge in [-0.2, -0.15) is 0 Å². The number of thiophene rings is 1. The molecular formula is C25H21N3O4S. The van der Waals surface area contributed by atoms with Crippen LogP contribution in [0.5, 0.6) is 0 Å². The second kappa shape index (κ2) is 7.97. The number of amides is 4. The van der Waals surface area contributed by atoms with Crippen LogP contribution >= 0.6 is 11.3 Å². The topological polar surface area (TPSA) is 86.8 Å². The van der Waals surface area contributed by atoms with Crippen LogP contribution in [-0.4, -0.2) is 47.0 Å².